The van der Waals surface area contributed by atoms with Crippen LogP contribution in [0.25, 0.3) is 0 Å². The Morgan fingerprint density at radius 1 is 1.47 bits per heavy atom. The van der Waals surface area contributed by atoms with Gasteiger partial charge < -0.3 is 10.2 Å². The van der Waals surface area contributed by atoms with E-state index in [1.54, 1.807) is 0 Å². The highest BCUT2D eigenvalue weighted by Gasteiger charge is 2.22. The van der Waals surface area contributed by atoms with E-state index in [2.05, 4.69) is 31.4 Å². The van der Waals surface area contributed by atoms with Crippen LogP contribution in [0.5, 0.6) is 0 Å². The molecule has 0 saturated carbocycles. The second-order valence-electron chi connectivity index (χ2n) is 3.55. The highest BCUT2D eigenvalue weighted by molar-refractivity contribution is 9.10. The van der Waals surface area contributed by atoms with E-state index in [0.29, 0.717) is 5.69 Å². The second kappa shape index (κ2) is 4.32. The van der Waals surface area contributed by atoms with Gasteiger partial charge in [-0.25, -0.2) is 0 Å². The summed E-state index contributed by atoms with van der Waals surface area (Å²) in [5.41, 5.74) is 1.36. The van der Waals surface area contributed by atoms with E-state index in [4.69, 9.17) is 0 Å². The van der Waals surface area contributed by atoms with Gasteiger partial charge in [0.2, 0.25) is 0 Å². The molecular weight excluding hydrogens is 260 g/mol. The summed E-state index contributed by atoms with van der Waals surface area (Å²) in [6.07, 6.45) is 0. The molecule has 82 valence electrons. The molecule has 1 saturated heterocycles. The van der Waals surface area contributed by atoms with Crippen molar-refractivity contribution in [3.05, 3.63) is 15.9 Å². The van der Waals surface area contributed by atoms with Gasteiger partial charge in [-0.3, -0.25) is 9.89 Å². The number of hydrogen-bond donors (Lipinski definition) is 2. The Morgan fingerprint density at radius 3 is 2.67 bits per heavy atom. The van der Waals surface area contributed by atoms with E-state index in [1.165, 1.54) is 0 Å². The summed E-state index contributed by atoms with van der Waals surface area (Å²) >= 11 is 3.36. The maximum Gasteiger partial charge on any atom is 0.275 e. The van der Waals surface area contributed by atoms with Gasteiger partial charge in [-0.05, 0) is 22.9 Å². The molecule has 6 heteroatoms. The minimum Gasteiger partial charge on any atom is -0.335 e. The van der Waals surface area contributed by atoms with Crippen LogP contribution >= 0.6 is 15.9 Å². The quantitative estimate of drug-likeness (QED) is 0.784. The summed E-state index contributed by atoms with van der Waals surface area (Å²) < 4.78 is 0.769. The number of carbonyl (C=O) groups excluding carboxylic acids is 1. The third-order valence-electron chi connectivity index (χ3n) is 2.48. The van der Waals surface area contributed by atoms with Crippen molar-refractivity contribution in [1.82, 2.24) is 20.4 Å². The highest BCUT2D eigenvalue weighted by Crippen LogP contribution is 2.19. The number of hydrogen-bond acceptors (Lipinski definition) is 3. The zero-order chi connectivity index (χ0) is 10.8. The molecule has 2 N–H and O–H groups in total. The lowest BCUT2D eigenvalue weighted by atomic mass is 10.3. The number of nitrogens with one attached hydrogen (secondary N) is 2. The molecule has 0 spiro atoms. The summed E-state index contributed by atoms with van der Waals surface area (Å²) in [5.74, 6) is -0.00674. The Kier molecular flexibility index (Phi) is 3.06. The van der Waals surface area contributed by atoms with Crippen LogP contribution in [0, 0.1) is 6.92 Å². The third-order valence-corrected chi connectivity index (χ3v) is 3.45. The first-order valence-electron chi connectivity index (χ1n) is 4.90. The molecular formula is C9H13BrN4O. The van der Waals surface area contributed by atoms with Crippen molar-refractivity contribution in [2.45, 2.75) is 6.92 Å². The number of piperazine rings is 1. The van der Waals surface area contributed by atoms with Gasteiger partial charge in [-0.15, -0.1) is 0 Å². The summed E-state index contributed by atoms with van der Waals surface area (Å²) in [7, 11) is 0. The van der Waals surface area contributed by atoms with E-state index in [-0.39, 0.29) is 5.91 Å². The molecule has 0 radical (unpaired) electrons. The maximum atomic E-state index is 12.0. The largest absolute Gasteiger partial charge is 0.335 e. The molecule has 0 atom stereocenters. The Bertz CT molecular complexity index is 370. The zero-order valence-corrected chi connectivity index (χ0v) is 10.1. The molecule has 2 heterocycles. The smallest absolute Gasteiger partial charge is 0.275 e. The molecule has 1 aliphatic heterocycles. The van der Waals surface area contributed by atoms with Crippen molar-refractivity contribution in [3.8, 4) is 0 Å². The van der Waals surface area contributed by atoms with Crippen molar-refractivity contribution >= 4 is 21.8 Å². The molecule has 1 aromatic rings. The Labute approximate surface area is 96.4 Å². The van der Waals surface area contributed by atoms with Gasteiger partial charge in [0.15, 0.2) is 5.69 Å². The number of aryl methyl sites for hydroxylation is 1. The molecule has 1 aliphatic rings. The van der Waals surface area contributed by atoms with Crippen LogP contribution < -0.4 is 5.32 Å². The minimum absolute atomic E-state index is 0.00674. The number of nitrogens with zero attached hydrogens (tertiary/aromatic N) is 2. The predicted octanol–water partition coefficient (Wildman–Crippen LogP) is 0.526. The summed E-state index contributed by atoms with van der Waals surface area (Å²) in [6, 6.07) is 0. The molecule has 0 aromatic carbocycles. The van der Waals surface area contributed by atoms with Crippen molar-refractivity contribution < 1.29 is 4.79 Å². The predicted molar refractivity (Wildman–Crippen MR) is 59.8 cm³/mol. The molecule has 1 fully saturated rings. The lowest BCUT2D eigenvalue weighted by Gasteiger charge is -2.26. The van der Waals surface area contributed by atoms with Crippen LogP contribution in [-0.2, 0) is 0 Å². The van der Waals surface area contributed by atoms with Gasteiger partial charge in [-0.2, -0.15) is 5.10 Å². The van der Waals surface area contributed by atoms with Crippen molar-refractivity contribution in [2.24, 2.45) is 0 Å². The fourth-order valence-electron chi connectivity index (χ4n) is 1.57. The van der Waals surface area contributed by atoms with Crippen LogP contribution in [0.2, 0.25) is 0 Å². The second-order valence-corrected chi connectivity index (χ2v) is 4.35. The summed E-state index contributed by atoms with van der Waals surface area (Å²) in [4.78, 5) is 13.8. The van der Waals surface area contributed by atoms with Crippen molar-refractivity contribution in [1.29, 1.82) is 0 Å². The van der Waals surface area contributed by atoms with E-state index in [1.807, 2.05) is 11.8 Å². The Hall–Kier alpha value is -0.880. The van der Waals surface area contributed by atoms with Crippen molar-refractivity contribution in [2.75, 3.05) is 26.2 Å². The van der Waals surface area contributed by atoms with Gasteiger partial charge in [0, 0.05) is 31.9 Å². The van der Waals surface area contributed by atoms with Gasteiger partial charge in [-0.1, -0.05) is 0 Å². The van der Waals surface area contributed by atoms with Gasteiger partial charge in [0.1, 0.15) is 0 Å². The third kappa shape index (κ3) is 2.05. The van der Waals surface area contributed by atoms with E-state index >= 15 is 0 Å². The van der Waals surface area contributed by atoms with E-state index in [9.17, 15) is 4.79 Å². The number of aromatic nitrogens is 2. The SMILES string of the molecule is Cc1[nH]nc(C(=O)N2CCNCC2)c1Br. The maximum absolute atomic E-state index is 12.0. The fourth-order valence-corrected chi connectivity index (χ4v) is 1.92. The topological polar surface area (TPSA) is 61.0 Å². The molecule has 1 amide bonds. The Balaban J connectivity index is 2.16. The molecule has 0 unspecified atom stereocenters. The fraction of sp³-hybridized carbons (Fsp3) is 0.556. The lowest BCUT2D eigenvalue weighted by molar-refractivity contribution is 0.0729. The van der Waals surface area contributed by atoms with Crippen LogP contribution in [0.15, 0.2) is 4.47 Å². The van der Waals surface area contributed by atoms with Crippen LogP contribution in [0.3, 0.4) is 0 Å². The average Bonchev–Trinajstić information content (AvgIpc) is 2.60. The van der Waals surface area contributed by atoms with Crippen LogP contribution in [0.4, 0.5) is 0 Å². The first kappa shape index (κ1) is 10.6. The van der Waals surface area contributed by atoms with Gasteiger partial charge in [0.25, 0.3) is 5.91 Å². The van der Waals surface area contributed by atoms with E-state index in [0.717, 1.165) is 36.3 Å². The van der Waals surface area contributed by atoms with Crippen molar-refractivity contribution in [3.63, 3.8) is 0 Å². The number of rotatable bonds is 1. The average molecular weight is 273 g/mol. The molecule has 1 aromatic heterocycles. The summed E-state index contributed by atoms with van der Waals surface area (Å²) in [6.45, 7) is 5.08. The lowest BCUT2D eigenvalue weighted by Crippen LogP contribution is -2.46. The van der Waals surface area contributed by atoms with Gasteiger partial charge >= 0.3 is 0 Å². The van der Waals surface area contributed by atoms with Crippen LogP contribution in [0.1, 0.15) is 16.2 Å². The first-order valence-corrected chi connectivity index (χ1v) is 5.70. The summed E-state index contributed by atoms with van der Waals surface area (Å²) in [5, 5.41) is 10.0. The van der Waals surface area contributed by atoms with E-state index < -0.39 is 0 Å². The molecule has 0 aliphatic carbocycles. The monoisotopic (exact) mass is 272 g/mol. The zero-order valence-electron chi connectivity index (χ0n) is 8.51. The molecule has 2 rings (SSSR count). The van der Waals surface area contributed by atoms with Crippen LogP contribution in [-0.4, -0.2) is 47.2 Å². The number of amides is 1. The number of H-pyrrole nitrogens is 1. The number of halogens is 1. The van der Waals surface area contributed by atoms with Gasteiger partial charge in [0.05, 0.1) is 4.47 Å². The number of aromatic amines is 1. The standard InChI is InChI=1S/C9H13BrN4O/c1-6-7(10)8(13-12-6)9(15)14-4-2-11-3-5-14/h11H,2-5H2,1H3,(H,12,13). The highest BCUT2D eigenvalue weighted by atomic mass is 79.9. The normalized spacial score (nSPS) is 16.8. The first-order chi connectivity index (χ1) is 7.20. The number of carbonyl (C=O) groups is 1. The minimum atomic E-state index is -0.00674. The molecule has 5 nitrogen and oxygen atoms in total. The molecule has 0 bridgehead atoms. The molecule has 15 heavy (non-hydrogen) atoms. The Morgan fingerprint density at radius 2 is 2.13 bits per heavy atom.